The van der Waals surface area contributed by atoms with E-state index in [1.807, 2.05) is 13.1 Å². The molecule has 0 bridgehead atoms. The largest absolute Gasteiger partial charge is 0.435 e. The van der Waals surface area contributed by atoms with Gasteiger partial charge in [-0.1, -0.05) is 6.42 Å². The van der Waals surface area contributed by atoms with Crippen LogP contribution in [0.4, 0.5) is 13.2 Å². The van der Waals surface area contributed by atoms with Gasteiger partial charge in [-0.25, -0.2) is 0 Å². The van der Waals surface area contributed by atoms with Gasteiger partial charge in [0.05, 0.1) is 6.20 Å². The Morgan fingerprint density at radius 3 is 2.73 bits per heavy atom. The predicted octanol–water partition coefficient (Wildman–Crippen LogP) is 2.70. The van der Waals surface area contributed by atoms with E-state index >= 15 is 0 Å². The van der Waals surface area contributed by atoms with E-state index in [-0.39, 0.29) is 24.6 Å². The Balaban J connectivity index is 1.72. The van der Waals surface area contributed by atoms with Gasteiger partial charge in [-0.15, -0.1) is 0 Å². The first kappa shape index (κ1) is 18.5. The summed E-state index contributed by atoms with van der Waals surface area (Å²) in [5.74, 6) is -0.363. The lowest BCUT2D eigenvalue weighted by Crippen LogP contribution is -2.28. The molecule has 2 heterocycles. The molecule has 0 saturated carbocycles. The summed E-state index contributed by atoms with van der Waals surface area (Å²) in [4.78, 5) is 12.2. The Bertz CT molecular complexity index is 778. The Labute approximate surface area is 149 Å². The van der Waals surface area contributed by atoms with Crippen molar-refractivity contribution in [1.82, 2.24) is 24.9 Å². The van der Waals surface area contributed by atoms with Gasteiger partial charge in [0.2, 0.25) is 5.91 Å². The molecule has 0 radical (unpaired) electrons. The molecule has 0 aromatic carbocycles. The molecule has 9 heteroatoms. The molecular formula is C17H22F3N5O. The van der Waals surface area contributed by atoms with E-state index in [1.165, 1.54) is 4.68 Å². The summed E-state index contributed by atoms with van der Waals surface area (Å²) in [7, 11) is 0. The Morgan fingerprint density at radius 1 is 1.27 bits per heavy atom. The lowest BCUT2D eigenvalue weighted by Gasteiger charge is -2.08. The van der Waals surface area contributed by atoms with E-state index in [9.17, 15) is 18.0 Å². The zero-order valence-corrected chi connectivity index (χ0v) is 14.6. The summed E-state index contributed by atoms with van der Waals surface area (Å²) >= 11 is 0. The van der Waals surface area contributed by atoms with Gasteiger partial charge in [-0.05, 0) is 32.6 Å². The lowest BCUT2D eigenvalue weighted by molar-refractivity contribution is -0.142. The van der Waals surface area contributed by atoms with Gasteiger partial charge in [0.25, 0.3) is 0 Å². The van der Waals surface area contributed by atoms with Crippen LogP contribution in [0.15, 0.2) is 12.4 Å². The van der Waals surface area contributed by atoms with Gasteiger partial charge >= 0.3 is 6.18 Å². The molecule has 26 heavy (non-hydrogen) atoms. The van der Waals surface area contributed by atoms with E-state index in [1.54, 1.807) is 10.9 Å². The number of rotatable bonds is 5. The van der Waals surface area contributed by atoms with Crippen molar-refractivity contribution in [3.63, 3.8) is 0 Å². The summed E-state index contributed by atoms with van der Waals surface area (Å²) in [5.41, 5.74) is 0.803. The highest BCUT2D eigenvalue weighted by Crippen LogP contribution is 2.35. The highest BCUT2D eigenvalue weighted by molar-refractivity contribution is 5.75. The van der Waals surface area contributed by atoms with Crippen molar-refractivity contribution in [3.8, 4) is 0 Å². The van der Waals surface area contributed by atoms with Crippen LogP contribution in [0.1, 0.15) is 48.7 Å². The molecule has 3 rings (SSSR count). The summed E-state index contributed by atoms with van der Waals surface area (Å²) in [6.07, 6.45) is 2.29. The van der Waals surface area contributed by atoms with Crippen LogP contribution < -0.4 is 5.32 Å². The van der Waals surface area contributed by atoms with Crippen LogP contribution in [-0.4, -0.2) is 25.5 Å². The fourth-order valence-corrected chi connectivity index (χ4v) is 3.27. The zero-order valence-electron chi connectivity index (χ0n) is 14.6. The fraction of sp³-hybridized carbons (Fsp3) is 0.588. The minimum absolute atomic E-state index is 0.208. The van der Waals surface area contributed by atoms with Crippen molar-refractivity contribution in [2.45, 2.75) is 64.8 Å². The number of halogens is 3. The van der Waals surface area contributed by atoms with Gasteiger partial charge in [0, 0.05) is 36.1 Å². The van der Waals surface area contributed by atoms with E-state index in [0.717, 1.165) is 31.4 Å². The van der Waals surface area contributed by atoms with Gasteiger partial charge in [0.1, 0.15) is 6.54 Å². The summed E-state index contributed by atoms with van der Waals surface area (Å²) < 4.78 is 42.8. The van der Waals surface area contributed by atoms with E-state index in [2.05, 4.69) is 15.5 Å². The van der Waals surface area contributed by atoms with Gasteiger partial charge in [-0.2, -0.15) is 23.4 Å². The number of nitrogens with one attached hydrogen (secondary N) is 1. The number of nitrogens with zero attached hydrogens (tertiary/aromatic N) is 4. The highest BCUT2D eigenvalue weighted by Gasteiger charge is 2.39. The number of alkyl halides is 3. The number of carbonyl (C=O) groups excluding carboxylic acids is 1. The number of amides is 1. The Kier molecular flexibility index (Phi) is 5.33. The molecule has 1 aliphatic rings. The molecule has 6 nitrogen and oxygen atoms in total. The second-order valence-corrected chi connectivity index (χ2v) is 6.47. The molecule has 1 N–H and O–H groups in total. The predicted molar refractivity (Wildman–Crippen MR) is 88.2 cm³/mol. The molecule has 142 valence electrons. The first-order chi connectivity index (χ1) is 12.4. The van der Waals surface area contributed by atoms with Gasteiger partial charge < -0.3 is 5.32 Å². The van der Waals surface area contributed by atoms with Crippen LogP contribution in [0.2, 0.25) is 0 Å². The maximum absolute atomic E-state index is 13.3. The monoisotopic (exact) mass is 369 g/mol. The number of carbonyl (C=O) groups is 1. The first-order valence-electron chi connectivity index (χ1n) is 8.82. The molecule has 0 atom stereocenters. The van der Waals surface area contributed by atoms with Crippen LogP contribution in [0.25, 0.3) is 0 Å². The number of hydrogen-bond donors (Lipinski definition) is 1. The maximum Gasteiger partial charge on any atom is 0.435 e. The van der Waals surface area contributed by atoms with Crippen LogP contribution in [0.3, 0.4) is 0 Å². The van der Waals surface area contributed by atoms with Crippen molar-refractivity contribution in [2.24, 2.45) is 0 Å². The van der Waals surface area contributed by atoms with Crippen molar-refractivity contribution in [1.29, 1.82) is 0 Å². The highest BCUT2D eigenvalue weighted by atomic mass is 19.4. The topological polar surface area (TPSA) is 64.7 Å². The second kappa shape index (κ2) is 7.51. The fourth-order valence-electron chi connectivity index (χ4n) is 3.27. The number of aromatic nitrogens is 4. The molecule has 0 aliphatic heterocycles. The average molecular weight is 369 g/mol. The molecular weight excluding hydrogens is 347 g/mol. The standard InChI is InChI=1S/C17H22F3N5O/c1-2-24-10-12(9-22-24)8-21-15(26)11-25-14-7-5-3-4-6-13(14)16(23-25)17(18,19)20/h9-10H,2-8,11H2,1H3,(H,21,26). The van der Waals surface area contributed by atoms with Crippen molar-refractivity contribution >= 4 is 5.91 Å². The van der Waals surface area contributed by atoms with Gasteiger partial charge in [0.15, 0.2) is 5.69 Å². The molecule has 1 aliphatic carbocycles. The number of aryl methyl sites for hydroxylation is 1. The second-order valence-electron chi connectivity index (χ2n) is 6.47. The number of fused-ring (bicyclic) bond motifs is 1. The summed E-state index contributed by atoms with van der Waals surface area (Å²) in [6.45, 7) is 2.76. The van der Waals surface area contributed by atoms with E-state index < -0.39 is 11.9 Å². The van der Waals surface area contributed by atoms with Crippen molar-refractivity contribution in [2.75, 3.05) is 0 Å². The summed E-state index contributed by atoms with van der Waals surface area (Å²) in [6, 6.07) is 0. The molecule has 0 unspecified atom stereocenters. The molecule has 1 amide bonds. The van der Waals surface area contributed by atoms with E-state index in [0.29, 0.717) is 18.5 Å². The van der Waals surface area contributed by atoms with Gasteiger partial charge in [-0.3, -0.25) is 14.2 Å². The quantitative estimate of drug-likeness (QED) is 0.825. The third-order valence-corrected chi connectivity index (χ3v) is 4.57. The minimum atomic E-state index is -4.50. The molecule has 0 saturated heterocycles. The third-order valence-electron chi connectivity index (χ3n) is 4.57. The van der Waals surface area contributed by atoms with E-state index in [4.69, 9.17) is 0 Å². The van der Waals surface area contributed by atoms with Crippen LogP contribution in [0.5, 0.6) is 0 Å². The van der Waals surface area contributed by atoms with Crippen LogP contribution in [0, 0.1) is 0 Å². The Morgan fingerprint density at radius 2 is 2.04 bits per heavy atom. The normalized spacial score (nSPS) is 14.8. The SMILES string of the molecule is CCn1cc(CNC(=O)Cn2nc(C(F)(F)F)c3c2CCCCC3)cn1. The molecule has 0 fully saturated rings. The average Bonchev–Trinajstić information content (AvgIpc) is 3.10. The van der Waals surface area contributed by atoms with Crippen molar-refractivity contribution < 1.29 is 18.0 Å². The first-order valence-corrected chi connectivity index (χ1v) is 8.82. The van der Waals surface area contributed by atoms with Crippen molar-refractivity contribution in [3.05, 3.63) is 34.9 Å². The Hall–Kier alpha value is -2.32. The summed E-state index contributed by atoms with van der Waals surface area (Å²) in [5, 5.41) is 10.6. The molecule has 2 aromatic rings. The third kappa shape index (κ3) is 4.08. The molecule has 0 spiro atoms. The minimum Gasteiger partial charge on any atom is -0.350 e. The zero-order chi connectivity index (χ0) is 18.7. The van der Waals surface area contributed by atoms with Crippen LogP contribution >= 0.6 is 0 Å². The maximum atomic E-state index is 13.3. The number of hydrogen-bond acceptors (Lipinski definition) is 3. The van der Waals surface area contributed by atoms with Crippen LogP contribution in [-0.2, 0) is 43.4 Å². The molecule has 2 aromatic heterocycles. The lowest BCUT2D eigenvalue weighted by atomic mass is 10.1. The smallest absolute Gasteiger partial charge is 0.350 e.